The van der Waals surface area contributed by atoms with Gasteiger partial charge in [0.2, 0.25) is 0 Å². The predicted molar refractivity (Wildman–Crippen MR) is 113 cm³/mol. The summed E-state index contributed by atoms with van der Waals surface area (Å²) < 4.78 is 26.6. The molecule has 0 aliphatic carbocycles. The highest BCUT2D eigenvalue weighted by Crippen LogP contribution is 2.23. The first-order chi connectivity index (χ1) is 11.9. The van der Waals surface area contributed by atoms with Crippen molar-refractivity contribution in [2.45, 2.75) is 25.9 Å². The molecular weight excluding hydrogens is 471 g/mol. The van der Waals surface area contributed by atoms with Crippen molar-refractivity contribution in [3.05, 3.63) is 57.8 Å². The van der Waals surface area contributed by atoms with E-state index in [9.17, 15) is 13.9 Å². The highest BCUT2D eigenvalue weighted by Gasteiger charge is 2.23. The number of hydrogen-bond donors (Lipinski definition) is 3. The predicted octanol–water partition coefficient (Wildman–Crippen LogP) is 3.65. The summed E-state index contributed by atoms with van der Waals surface area (Å²) in [5.74, 6) is -0.593. The Hall–Kier alpha value is -1.26. The standard InChI is InChI=1S/C18H23F2N3OS.HI/c1-3-21-17(23-12-18(2,24)14-7-9-25-11-14)22-8-6-13-4-5-15(19)10-16(13)20;/h4-5,7,9-11,24H,3,6,8,12H2,1-2H3,(H2,21,22,23);1H. The Morgan fingerprint density at radius 2 is 2.04 bits per heavy atom. The van der Waals surface area contributed by atoms with Crippen LogP contribution in [0, 0.1) is 11.6 Å². The zero-order valence-corrected chi connectivity index (χ0v) is 17.9. The lowest BCUT2D eigenvalue weighted by molar-refractivity contribution is 0.0677. The fraction of sp³-hybridized carbons (Fsp3) is 0.389. The molecule has 1 atom stereocenters. The van der Waals surface area contributed by atoms with Gasteiger partial charge < -0.3 is 15.7 Å². The van der Waals surface area contributed by atoms with E-state index in [1.54, 1.807) is 6.92 Å². The number of nitrogens with zero attached hydrogens (tertiary/aromatic N) is 1. The molecule has 0 fully saturated rings. The lowest BCUT2D eigenvalue weighted by Gasteiger charge is -2.21. The molecule has 8 heteroatoms. The second-order valence-electron chi connectivity index (χ2n) is 5.89. The van der Waals surface area contributed by atoms with E-state index in [1.165, 1.54) is 23.5 Å². The Labute approximate surface area is 173 Å². The maximum Gasteiger partial charge on any atom is 0.191 e. The number of halogens is 3. The highest BCUT2D eigenvalue weighted by atomic mass is 127. The van der Waals surface area contributed by atoms with E-state index in [-0.39, 0.29) is 30.5 Å². The van der Waals surface area contributed by atoms with E-state index in [2.05, 4.69) is 15.6 Å². The van der Waals surface area contributed by atoms with Gasteiger partial charge in [0.15, 0.2) is 5.96 Å². The van der Waals surface area contributed by atoms with Gasteiger partial charge in [0, 0.05) is 19.2 Å². The van der Waals surface area contributed by atoms with Gasteiger partial charge in [0.25, 0.3) is 0 Å². The third-order valence-electron chi connectivity index (χ3n) is 3.73. The van der Waals surface area contributed by atoms with Crippen LogP contribution in [-0.4, -0.2) is 30.7 Å². The fourth-order valence-electron chi connectivity index (χ4n) is 2.28. The summed E-state index contributed by atoms with van der Waals surface area (Å²) in [6.07, 6.45) is 0.400. The smallest absolute Gasteiger partial charge is 0.191 e. The van der Waals surface area contributed by atoms with Crippen molar-refractivity contribution in [1.82, 2.24) is 10.6 Å². The van der Waals surface area contributed by atoms with Crippen molar-refractivity contribution in [3.8, 4) is 0 Å². The lowest BCUT2D eigenvalue weighted by atomic mass is 10.00. The van der Waals surface area contributed by atoms with Crippen LogP contribution in [0.5, 0.6) is 0 Å². The maximum atomic E-state index is 13.6. The molecule has 0 amide bonds. The van der Waals surface area contributed by atoms with Crippen molar-refractivity contribution >= 4 is 41.3 Å². The number of hydrogen-bond acceptors (Lipinski definition) is 3. The van der Waals surface area contributed by atoms with Gasteiger partial charge in [-0.15, -0.1) is 24.0 Å². The van der Waals surface area contributed by atoms with Gasteiger partial charge in [-0.2, -0.15) is 11.3 Å². The van der Waals surface area contributed by atoms with E-state index < -0.39 is 17.2 Å². The number of thiophene rings is 1. The van der Waals surface area contributed by atoms with E-state index in [0.717, 1.165) is 11.6 Å². The summed E-state index contributed by atoms with van der Waals surface area (Å²) in [6, 6.07) is 5.44. The monoisotopic (exact) mass is 495 g/mol. The molecule has 0 bridgehead atoms. The minimum Gasteiger partial charge on any atom is -0.383 e. The number of nitrogens with one attached hydrogen (secondary N) is 2. The van der Waals surface area contributed by atoms with Crippen molar-refractivity contribution in [2.24, 2.45) is 4.99 Å². The average molecular weight is 495 g/mol. The van der Waals surface area contributed by atoms with Gasteiger partial charge in [0.1, 0.15) is 17.2 Å². The second-order valence-corrected chi connectivity index (χ2v) is 6.67. The largest absolute Gasteiger partial charge is 0.383 e. The lowest BCUT2D eigenvalue weighted by Crippen LogP contribution is -2.39. The van der Waals surface area contributed by atoms with Gasteiger partial charge >= 0.3 is 0 Å². The number of aliphatic imine (C=N–C) groups is 1. The van der Waals surface area contributed by atoms with E-state index in [1.807, 2.05) is 23.8 Å². The Bertz CT molecular complexity index is 708. The van der Waals surface area contributed by atoms with Crippen LogP contribution in [0.2, 0.25) is 0 Å². The molecule has 1 heterocycles. The molecule has 1 aromatic heterocycles. The van der Waals surface area contributed by atoms with Crippen LogP contribution in [0.1, 0.15) is 25.0 Å². The van der Waals surface area contributed by atoms with Gasteiger partial charge in [-0.1, -0.05) is 6.07 Å². The number of aliphatic hydroxyl groups is 1. The van der Waals surface area contributed by atoms with Crippen LogP contribution in [0.25, 0.3) is 0 Å². The Balaban J connectivity index is 0.00000338. The molecule has 0 radical (unpaired) electrons. The van der Waals surface area contributed by atoms with E-state index in [0.29, 0.717) is 31.0 Å². The van der Waals surface area contributed by atoms with E-state index in [4.69, 9.17) is 0 Å². The SMILES string of the molecule is CCNC(=NCC(C)(O)c1ccsc1)NCCc1ccc(F)cc1F.I. The normalized spacial score (nSPS) is 13.7. The number of benzene rings is 1. The maximum absolute atomic E-state index is 13.6. The molecule has 0 saturated heterocycles. The van der Waals surface area contributed by atoms with E-state index >= 15 is 0 Å². The number of guanidine groups is 1. The summed E-state index contributed by atoms with van der Waals surface area (Å²) in [5.41, 5.74) is 0.214. The molecule has 3 N–H and O–H groups in total. The highest BCUT2D eigenvalue weighted by molar-refractivity contribution is 14.0. The zero-order chi connectivity index (χ0) is 18.3. The molecule has 1 unspecified atom stereocenters. The summed E-state index contributed by atoms with van der Waals surface area (Å²) in [7, 11) is 0. The van der Waals surface area contributed by atoms with Crippen molar-refractivity contribution in [2.75, 3.05) is 19.6 Å². The first-order valence-corrected chi connectivity index (χ1v) is 9.08. The van der Waals surface area contributed by atoms with Crippen LogP contribution >= 0.6 is 35.3 Å². The Kier molecular flexibility index (Phi) is 9.45. The Morgan fingerprint density at radius 1 is 1.27 bits per heavy atom. The second kappa shape index (κ2) is 10.8. The molecule has 2 aromatic rings. The summed E-state index contributed by atoms with van der Waals surface area (Å²) >= 11 is 1.52. The Morgan fingerprint density at radius 3 is 2.65 bits per heavy atom. The molecule has 0 saturated carbocycles. The fourth-order valence-corrected chi connectivity index (χ4v) is 3.06. The van der Waals surface area contributed by atoms with Crippen LogP contribution in [0.3, 0.4) is 0 Å². The molecule has 1 aromatic carbocycles. The van der Waals surface area contributed by atoms with Crippen LogP contribution < -0.4 is 10.6 Å². The van der Waals surface area contributed by atoms with Gasteiger partial charge in [-0.05, 0) is 54.3 Å². The molecule has 0 spiro atoms. The van der Waals surface area contributed by atoms with Gasteiger partial charge in [0.05, 0.1) is 6.54 Å². The molecule has 26 heavy (non-hydrogen) atoms. The topological polar surface area (TPSA) is 56.7 Å². The molecule has 144 valence electrons. The average Bonchev–Trinajstić information content (AvgIpc) is 3.10. The first kappa shape index (κ1) is 22.8. The van der Waals surface area contributed by atoms with Crippen molar-refractivity contribution < 1.29 is 13.9 Å². The van der Waals surface area contributed by atoms with Crippen LogP contribution in [0.4, 0.5) is 8.78 Å². The van der Waals surface area contributed by atoms with Gasteiger partial charge in [-0.25, -0.2) is 13.8 Å². The molecule has 4 nitrogen and oxygen atoms in total. The third kappa shape index (κ3) is 6.81. The number of rotatable bonds is 7. The molecule has 0 aliphatic rings. The molecular formula is C18H24F2IN3OS. The first-order valence-electron chi connectivity index (χ1n) is 8.13. The third-order valence-corrected chi connectivity index (χ3v) is 4.42. The minimum absolute atomic E-state index is 0. The van der Waals surface area contributed by atoms with Crippen molar-refractivity contribution in [1.29, 1.82) is 0 Å². The quantitative estimate of drug-likeness (QED) is 0.313. The van der Waals surface area contributed by atoms with Crippen LogP contribution in [0.15, 0.2) is 40.0 Å². The summed E-state index contributed by atoms with van der Waals surface area (Å²) in [4.78, 5) is 4.40. The molecule has 0 aliphatic heterocycles. The van der Waals surface area contributed by atoms with Crippen LogP contribution in [-0.2, 0) is 12.0 Å². The summed E-state index contributed by atoms with van der Waals surface area (Å²) in [5, 5.41) is 20.5. The summed E-state index contributed by atoms with van der Waals surface area (Å²) in [6.45, 7) is 4.96. The van der Waals surface area contributed by atoms with Gasteiger partial charge in [-0.3, -0.25) is 0 Å². The van der Waals surface area contributed by atoms with Crippen molar-refractivity contribution in [3.63, 3.8) is 0 Å². The minimum atomic E-state index is -1.05. The zero-order valence-electron chi connectivity index (χ0n) is 14.8. The molecule has 2 rings (SSSR count).